The van der Waals surface area contributed by atoms with Crippen molar-refractivity contribution < 1.29 is 0 Å². The van der Waals surface area contributed by atoms with Crippen LogP contribution in [0.3, 0.4) is 0 Å². The van der Waals surface area contributed by atoms with E-state index in [0.717, 1.165) is 5.92 Å². The van der Waals surface area contributed by atoms with Crippen LogP contribution in [0.25, 0.3) is 0 Å². The summed E-state index contributed by atoms with van der Waals surface area (Å²) in [5, 5.41) is 3.68. The van der Waals surface area contributed by atoms with E-state index < -0.39 is 0 Å². The summed E-state index contributed by atoms with van der Waals surface area (Å²) in [6, 6.07) is 0. The van der Waals surface area contributed by atoms with Crippen LogP contribution in [0.1, 0.15) is 33.6 Å². The Kier molecular flexibility index (Phi) is 6.48. The molecule has 0 aromatic heterocycles. The van der Waals surface area contributed by atoms with E-state index in [9.17, 15) is 0 Å². The lowest BCUT2D eigenvalue weighted by molar-refractivity contribution is 0.114. The van der Waals surface area contributed by atoms with Gasteiger partial charge in [-0.05, 0) is 59.7 Å². The second-order valence-corrected chi connectivity index (χ2v) is 8.08. The number of piperazine rings is 1. The fourth-order valence-corrected chi connectivity index (χ4v) is 3.33. The maximum absolute atomic E-state index is 3.68. The van der Waals surface area contributed by atoms with Crippen LogP contribution >= 0.6 is 0 Å². The van der Waals surface area contributed by atoms with Crippen molar-refractivity contribution in [3.8, 4) is 0 Å². The average Bonchev–Trinajstić information content (AvgIpc) is 2.44. The molecule has 0 radical (unpaired) electrons. The predicted octanol–water partition coefficient (Wildman–Crippen LogP) is 1.33. The van der Waals surface area contributed by atoms with Gasteiger partial charge in [0.15, 0.2) is 0 Å². The highest BCUT2D eigenvalue weighted by Gasteiger charge is 2.22. The molecule has 0 spiro atoms. The molecule has 4 nitrogen and oxygen atoms in total. The lowest BCUT2D eigenvalue weighted by Gasteiger charge is -2.37. The highest BCUT2D eigenvalue weighted by molar-refractivity contribution is 4.79. The second-order valence-electron chi connectivity index (χ2n) is 8.08. The summed E-state index contributed by atoms with van der Waals surface area (Å²) in [7, 11) is 2.23. The van der Waals surface area contributed by atoms with Crippen LogP contribution in [0, 0.1) is 5.92 Å². The third-order valence-corrected chi connectivity index (χ3v) is 4.85. The van der Waals surface area contributed by atoms with Crippen LogP contribution in [0.4, 0.5) is 0 Å². The number of likely N-dealkylation sites (tertiary alicyclic amines) is 1. The largest absolute Gasteiger partial charge is 0.312 e. The van der Waals surface area contributed by atoms with Crippen LogP contribution in [-0.2, 0) is 0 Å². The number of hydrogen-bond donors (Lipinski definition) is 1. The highest BCUT2D eigenvalue weighted by atomic mass is 15.3. The molecular formula is C17H36N4. The molecule has 0 bridgehead atoms. The summed E-state index contributed by atoms with van der Waals surface area (Å²) >= 11 is 0. The van der Waals surface area contributed by atoms with E-state index in [0.29, 0.717) is 0 Å². The van der Waals surface area contributed by atoms with Gasteiger partial charge >= 0.3 is 0 Å². The number of piperidine rings is 1. The number of hydrogen-bond acceptors (Lipinski definition) is 4. The average molecular weight is 297 g/mol. The van der Waals surface area contributed by atoms with Gasteiger partial charge in [-0.1, -0.05) is 0 Å². The first-order valence-electron chi connectivity index (χ1n) is 8.81. The van der Waals surface area contributed by atoms with Gasteiger partial charge < -0.3 is 15.1 Å². The van der Waals surface area contributed by atoms with Crippen molar-refractivity contribution in [3.05, 3.63) is 0 Å². The second kappa shape index (κ2) is 7.91. The minimum atomic E-state index is 0.252. The Morgan fingerprint density at radius 2 is 1.62 bits per heavy atom. The van der Waals surface area contributed by atoms with Crippen molar-refractivity contribution in [1.82, 2.24) is 20.0 Å². The van der Waals surface area contributed by atoms with Gasteiger partial charge in [-0.15, -0.1) is 0 Å². The van der Waals surface area contributed by atoms with Crippen LogP contribution in [0.5, 0.6) is 0 Å². The summed E-state index contributed by atoms with van der Waals surface area (Å²) in [5.74, 6) is 0.838. The number of nitrogens with zero attached hydrogens (tertiary/aromatic N) is 3. The Morgan fingerprint density at radius 3 is 2.29 bits per heavy atom. The molecule has 0 aromatic carbocycles. The van der Waals surface area contributed by atoms with Crippen LogP contribution in [0.15, 0.2) is 0 Å². The number of rotatable bonds is 5. The normalized spacial score (nSPS) is 27.1. The fraction of sp³-hybridized carbons (Fsp3) is 1.00. The van der Waals surface area contributed by atoms with Crippen LogP contribution < -0.4 is 5.32 Å². The Balaban J connectivity index is 1.64. The van der Waals surface area contributed by atoms with Gasteiger partial charge in [0.25, 0.3) is 0 Å². The first-order chi connectivity index (χ1) is 9.92. The molecule has 1 N–H and O–H groups in total. The van der Waals surface area contributed by atoms with E-state index in [4.69, 9.17) is 0 Å². The highest BCUT2D eigenvalue weighted by Crippen LogP contribution is 2.16. The van der Waals surface area contributed by atoms with E-state index in [1.807, 2.05) is 0 Å². The summed E-state index contributed by atoms with van der Waals surface area (Å²) in [4.78, 5) is 7.76. The molecule has 2 saturated heterocycles. The Morgan fingerprint density at radius 1 is 0.952 bits per heavy atom. The van der Waals surface area contributed by atoms with Gasteiger partial charge in [-0.2, -0.15) is 0 Å². The van der Waals surface area contributed by atoms with E-state index in [1.165, 1.54) is 71.7 Å². The Labute approximate surface area is 131 Å². The van der Waals surface area contributed by atoms with E-state index >= 15 is 0 Å². The van der Waals surface area contributed by atoms with Crippen molar-refractivity contribution in [1.29, 1.82) is 0 Å². The standard InChI is InChI=1S/C17H36N4/c1-17(2,3)18-14-16-6-5-7-21(15-16)13-12-20-10-8-19(4)9-11-20/h16,18H,5-15H2,1-4H3. The zero-order chi connectivity index (χ0) is 15.3. The molecule has 2 aliphatic heterocycles. The molecule has 1 atom stereocenters. The zero-order valence-corrected chi connectivity index (χ0v) is 14.7. The third-order valence-electron chi connectivity index (χ3n) is 4.85. The molecule has 21 heavy (non-hydrogen) atoms. The van der Waals surface area contributed by atoms with Crippen molar-refractivity contribution in [3.63, 3.8) is 0 Å². The summed E-state index contributed by atoms with van der Waals surface area (Å²) in [6.45, 7) is 18.0. The minimum Gasteiger partial charge on any atom is -0.312 e. The molecule has 1 unspecified atom stereocenters. The van der Waals surface area contributed by atoms with Crippen LogP contribution in [0.2, 0.25) is 0 Å². The molecule has 2 rings (SSSR count). The predicted molar refractivity (Wildman–Crippen MR) is 90.9 cm³/mol. The molecule has 0 amide bonds. The smallest absolute Gasteiger partial charge is 0.0110 e. The summed E-state index contributed by atoms with van der Waals surface area (Å²) < 4.78 is 0. The molecule has 2 aliphatic rings. The van der Waals surface area contributed by atoms with E-state index in [1.54, 1.807) is 0 Å². The minimum absolute atomic E-state index is 0.252. The lowest BCUT2D eigenvalue weighted by Crippen LogP contribution is -2.49. The van der Waals surface area contributed by atoms with Gasteiger partial charge in [-0.25, -0.2) is 0 Å². The summed E-state index contributed by atoms with van der Waals surface area (Å²) in [5.41, 5.74) is 0.252. The van der Waals surface area contributed by atoms with Crippen molar-refractivity contribution >= 4 is 0 Å². The molecule has 2 heterocycles. The molecule has 2 fully saturated rings. The monoisotopic (exact) mass is 296 g/mol. The SMILES string of the molecule is CN1CCN(CCN2CCCC(CNC(C)(C)C)C2)CC1. The number of likely N-dealkylation sites (N-methyl/N-ethyl adjacent to an activating group) is 1. The molecular weight excluding hydrogens is 260 g/mol. The quantitative estimate of drug-likeness (QED) is 0.826. The Hall–Kier alpha value is -0.160. The van der Waals surface area contributed by atoms with Gasteiger partial charge in [0.2, 0.25) is 0 Å². The third kappa shape index (κ3) is 6.64. The number of nitrogens with one attached hydrogen (secondary N) is 1. The first kappa shape index (κ1) is 17.2. The topological polar surface area (TPSA) is 21.8 Å². The van der Waals surface area contributed by atoms with Gasteiger partial charge in [0, 0.05) is 51.4 Å². The first-order valence-corrected chi connectivity index (χ1v) is 8.81. The fourth-order valence-electron chi connectivity index (χ4n) is 3.33. The van der Waals surface area contributed by atoms with Gasteiger partial charge in [0.05, 0.1) is 0 Å². The van der Waals surface area contributed by atoms with Crippen molar-refractivity contribution in [2.24, 2.45) is 5.92 Å². The van der Waals surface area contributed by atoms with Gasteiger partial charge in [0.1, 0.15) is 0 Å². The molecule has 0 saturated carbocycles. The van der Waals surface area contributed by atoms with E-state index in [2.05, 4.69) is 47.8 Å². The Bertz CT molecular complexity index is 292. The van der Waals surface area contributed by atoms with Gasteiger partial charge in [-0.3, -0.25) is 4.90 Å². The molecule has 0 aromatic rings. The molecule has 4 heteroatoms. The van der Waals surface area contributed by atoms with E-state index in [-0.39, 0.29) is 5.54 Å². The maximum atomic E-state index is 3.68. The maximum Gasteiger partial charge on any atom is 0.0110 e. The van der Waals surface area contributed by atoms with Crippen LogP contribution in [-0.4, -0.2) is 86.2 Å². The lowest BCUT2D eigenvalue weighted by atomic mass is 9.96. The summed E-state index contributed by atoms with van der Waals surface area (Å²) in [6.07, 6.45) is 2.77. The molecule has 124 valence electrons. The zero-order valence-electron chi connectivity index (χ0n) is 14.7. The van der Waals surface area contributed by atoms with Crippen molar-refractivity contribution in [2.75, 3.05) is 66.0 Å². The molecule has 0 aliphatic carbocycles. The van der Waals surface area contributed by atoms with Crippen molar-refractivity contribution in [2.45, 2.75) is 39.2 Å².